The third-order valence-electron chi connectivity index (χ3n) is 7.87. The van der Waals surface area contributed by atoms with Crippen LogP contribution in [0.15, 0.2) is 126 Å². The van der Waals surface area contributed by atoms with Gasteiger partial charge in [-0.15, -0.1) is 11.3 Å². The van der Waals surface area contributed by atoms with Gasteiger partial charge in [-0.3, -0.25) is 0 Å². The van der Waals surface area contributed by atoms with Crippen LogP contribution >= 0.6 is 11.3 Å². The zero-order valence-corrected chi connectivity index (χ0v) is 22.1. The fourth-order valence-corrected chi connectivity index (χ4v) is 7.17. The molecule has 0 saturated carbocycles. The Morgan fingerprint density at radius 1 is 0.500 bits per heavy atom. The SMILES string of the molecule is c1cc(-c2ccc3oc4nc5ccccc5nc4c3c2)cc(-c2cc3sc4ccccc4c3c3ccccc23)c1. The van der Waals surface area contributed by atoms with Gasteiger partial charge in [0.25, 0.3) is 0 Å². The average molecular weight is 529 g/mol. The molecule has 4 heteroatoms. The van der Waals surface area contributed by atoms with Gasteiger partial charge in [-0.05, 0) is 75.5 Å². The molecule has 186 valence electrons. The highest BCUT2D eigenvalue weighted by Gasteiger charge is 2.15. The van der Waals surface area contributed by atoms with Gasteiger partial charge < -0.3 is 4.42 Å². The maximum atomic E-state index is 6.09. The Morgan fingerprint density at radius 2 is 1.23 bits per heavy atom. The molecule has 9 aromatic rings. The van der Waals surface area contributed by atoms with E-state index in [0.29, 0.717) is 5.71 Å². The molecule has 0 spiro atoms. The van der Waals surface area contributed by atoms with E-state index in [2.05, 4.69) is 91.0 Å². The smallest absolute Gasteiger partial charge is 0.246 e. The molecule has 0 aliphatic rings. The van der Waals surface area contributed by atoms with Gasteiger partial charge in [0.05, 0.1) is 11.0 Å². The molecular weight excluding hydrogens is 508 g/mol. The summed E-state index contributed by atoms with van der Waals surface area (Å²) in [6.45, 7) is 0. The van der Waals surface area contributed by atoms with E-state index >= 15 is 0 Å². The number of fused-ring (bicyclic) bond motifs is 9. The quantitative estimate of drug-likeness (QED) is 0.224. The lowest BCUT2D eigenvalue weighted by atomic mass is 9.93. The van der Waals surface area contributed by atoms with Gasteiger partial charge in [0, 0.05) is 25.6 Å². The summed E-state index contributed by atoms with van der Waals surface area (Å²) in [5.74, 6) is 0. The van der Waals surface area contributed by atoms with Crippen LogP contribution in [0.1, 0.15) is 0 Å². The van der Waals surface area contributed by atoms with Crippen molar-refractivity contribution in [3.05, 3.63) is 121 Å². The van der Waals surface area contributed by atoms with Crippen molar-refractivity contribution >= 4 is 75.5 Å². The topological polar surface area (TPSA) is 38.9 Å². The number of hydrogen-bond donors (Lipinski definition) is 0. The Balaban J connectivity index is 1.24. The zero-order chi connectivity index (χ0) is 26.2. The Morgan fingerprint density at radius 3 is 2.12 bits per heavy atom. The minimum Gasteiger partial charge on any atom is -0.436 e. The molecule has 40 heavy (non-hydrogen) atoms. The molecule has 3 nitrogen and oxygen atoms in total. The fraction of sp³-hybridized carbons (Fsp3) is 0. The molecule has 6 aromatic carbocycles. The van der Waals surface area contributed by atoms with Crippen molar-refractivity contribution in [1.82, 2.24) is 9.97 Å². The van der Waals surface area contributed by atoms with Crippen molar-refractivity contribution in [3.8, 4) is 22.3 Å². The molecule has 0 radical (unpaired) electrons. The molecule has 0 amide bonds. The maximum Gasteiger partial charge on any atom is 0.246 e. The van der Waals surface area contributed by atoms with Crippen molar-refractivity contribution in [2.75, 3.05) is 0 Å². The van der Waals surface area contributed by atoms with Gasteiger partial charge in [-0.25, -0.2) is 9.97 Å². The first-order valence-electron chi connectivity index (χ1n) is 13.3. The standard InChI is InChI=1S/C36H20N2OS/c1-2-11-25-24(10-1)27(20-33-34(25)26-12-3-6-15-32(26)40-33)23-9-7-8-21(18-23)22-16-17-31-28(19-22)35-36(39-31)38-30-14-5-4-13-29(30)37-35/h1-20H. The number of aromatic nitrogens is 2. The van der Waals surface area contributed by atoms with Gasteiger partial charge in [0.15, 0.2) is 0 Å². The van der Waals surface area contributed by atoms with Crippen molar-refractivity contribution in [1.29, 1.82) is 0 Å². The molecule has 0 aliphatic heterocycles. The van der Waals surface area contributed by atoms with Crippen LogP contribution in [0, 0.1) is 0 Å². The minimum absolute atomic E-state index is 0.572. The first-order chi connectivity index (χ1) is 19.8. The summed E-state index contributed by atoms with van der Waals surface area (Å²) in [6, 6.07) is 43.0. The summed E-state index contributed by atoms with van der Waals surface area (Å²) in [5, 5.41) is 6.23. The lowest BCUT2D eigenvalue weighted by Gasteiger charge is -2.11. The van der Waals surface area contributed by atoms with E-state index in [1.54, 1.807) is 0 Å². The number of nitrogens with zero attached hydrogens (tertiary/aromatic N) is 2. The van der Waals surface area contributed by atoms with Crippen LogP contribution in [0.5, 0.6) is 0 Å². The molecule has 0 atom stereocenters. The monoisotopic (exact) mass is 528 g/mol. The third kappa shape index (κ3) is 3.17. The molecule has 0 N–H and O–H groups in total. The predicted molar refractivity (Wildman–Crippen MR) is 168 cm³/mol. The number of thiophene rings is 1. The number of para-hydroxylation sites is 2. The highest BCUT2D eigenvalue weighted by Crippen LogP contribution is 2.43. The predicted octanol–water partition coefficient (Wildman–Crippen LogP) is 10.4. The number of hydrogen-bond acceptors (Lipinski definition) is 4. The lowest BCUT2D eigenvalue weighted by molar-refractivity contribution is 0.655. The Labute approximate surface area is 233 Å². The second-order valence-electron chi connectivity index (χ2n) is 10.2. The second kappa shape index (κ2) is 8.22. The molecule has 0 unspecified atom stereocenters. The molecule has 3 heterocycles. The maximum absolute atomic E-state index is 6.09. The van der Waals surface area contributed by atoms with E-state index in [4.69, 9.17) is 14.4 Å². The van der Waals surface area contributed by atoms with Crippen LogP contribution < -0.4 is 0 Å². The zero-order valence-electron chi connectivity index (χ0n) is 21.3. The van der Waals surface area contributed by atoms with Gasteiger partial charge in [0.1, 0.15) is 11.1 Å². The highest BCUT2D eigenvalue weighted by atomic mass is 32.1. The number of benzene rings is 6. The summed E-state index contributed by atoms with van der Waals surface area (Å²) in [7, 11) is 0. The van der Waals surface area contributed by atoms with E-state index in [1.165, 1.54) is 42.1 Å². The van der Waals surface area contributed by atoms with E-state index in [0.717, 1.165) is 38.6 Å². The molecule has 3 aromatic heterocycles. The van der Waals surface area contributed by atoms with Crippen LogP contribution in [-0.4, -0.2) is 9.97 Å². The van der Waals surface area contributed by atoms with E-state index in [9.17, 15) is 0 Å². The number of rotatable bonds is 2. The molecule has 0 bridgehead atoms. The molecular formula is C36H20N2OS. The normalized spacial score (nSPS) is 12.0. The van der Waals surface area contributed by atoms with E-state index in [1.807, 2.05) is 41.7 Å². The van der Waals surface area contributed by atoms with E-state index < -0.39 is 0 Å². The van der Waals surface area contributed by atoms with Crippen LogP contribution in [0.25, 0.3) is 86.4 Å². The Hall–Kier alpha value is -5.06. The van der Waals surface area contributed by atoms with Crippen LogP contribution in [-0.2, 0) is 0 Å². The number of furan rings is 1. The minimum atomic E-state index is 0.572. The first kappa shape index (κ1) is 21.8. The van der Waals surface area contributed by atoms with Crippen molar-refractivity contribution in [3.63, 3.8) is 0 Å². The average Bonchev–Trinajstić information content (AvgIpc) is 3.57. The van der Waals surface area contributed by atoms with Gasteiger partial charge in [0.2, 0.25) is 5.71 Å². The Bertz CT molecular complexity index is 2450. The van der Waals surface area contributed by atoms with Gasteiger partial charge >= 0.3 is 0 Å². The second-order valence-corrected chi connectivity index (χ2v) is 11.3. The summed E-state index contributed by atoms with van der Waals surface area (Å²) < 4.78 is 8.73. The van der Waals surface area contributed by atoms with Crippen molar-refractivity contribution in [2.45, 2.75) is 0 Å². The van der Waals surface area contributed by atoms with Gasteiger partial charge in [-0.1, -0.05) is 78.9 Å². The first-order valence-corrected chi connectivity index (χ1v) is 14.1. The van der Waals surface area contributed by atoms with Crippen molar-refractivity contribution < 1.29 is 4.42 Å². The molecule has 0 fully saturated rings. The van der Waals surface area contributed by atoms with Crippen LogP contribution in [0.3, 0.4) is 0 Å². The third-order valence-corrected chi connectivity index (χ3v) is 8.99. The largest absolute Gasteiger partial charge is 0.436 e. The lowest BCUT2D eigenvalue weighted by Crippen LogP contribution is -1.85. The summed E-state index contributed by atoms with van der Waals surface area (Å²) in [5.41, 5.74) is 8.61. The Kier molecular flexibility index (Phi) is 4.48. The van der Waals surface area contributed by atoms with Crippen LogP contribution in [0.2, 0.25) is 0 Å². The molecule has 0 saturated heterocycles. The summed E-state index contributed by atoms with van der Waals surface area (Å²) in [4.78, 5) is 9.60. The molecule has 0 aliphatic carbocycles. The van der Waals surface area contributed by atoms with Gasteiger partial charge in [-0.2, -0.15) is 0 Å². The summed E-state index contributed by atoms with van der Waals surface area (Å²) >= 11 is 1.87. The van der Waals surface area contributed by atoms with Crippen LogP contribution in [0.4, 0.5) is 0 Å². The van der Waals surface area contributed by atoms with Crippen molar-refractivity contribution in [2.24, 2.45) is 0 Å². The molecule has 9 rings (SSSR count). The highest BCUT2D eigenvalue weighted by molar-refractivity contribution is 7.26. The fourth-order valence-electron chi connectivity index (χ4n) is 6.01. The van der Waals surface area contributed by atoms with E-state index in [-0.39, 0.29) is 0 Å². The summed E-state index contributed by atoms with van der Waals surface area (Å²) in [6.07, 6.45) is 0.